The molecule has 34 heavy (non-hydrogen) atoms. The van der Waals surface area contributed by atoms with E-state index in [1.807, 2.05) is 36.4 Å². The number of anilines is 2. The van der Waals surface area contributed by atoms with Gasteiger partial charge in [0.05, 0.1) is 11.4 Å². The number of amides is 4. The fourth-order valence-corrected chi connectivity index (χ4v) is 4.55. The second-order valence-electron chi connectivity index (χ2n) is 7.93. The van der Waals surface area contributed by atoms with Crippen molar-refractivity contribution < 1.29 is 9.59 Å². The summed E-state index contributed by atoms with van der Waals surface area (Å²) in [5.74, 6) is 0.101. The largest absolute Gasteiger partial charge is 0.335 e. The van der Waals surface area contributed by atoms with Crippen LogP contribution in [0.1, 0.15) is 25.7 Å². The van der Waals surface area contributed by atoms with Gasteiger partial charge >= 0.3 is 12.1 Å². The standard InChI is InChI=1S/C24H24N6O2S2/c25-19-21(33)29(17-11-5-3-6-12-17)23(31)27(19)15-9-1-2-10-16-28-20(26)22(34)30(24(28)32)18-13-7-4-8-14-18/h3-8,11-14,25-26H,1-2,9-10,15-16H2. The summed E-state index contributed by atoms with van der Waals surface area (Å²) in [5, 5.41) is 16.5. The summed E-state index contributed by atoms with van der Waals surface area (Å²) < 4.78 is 0. The number of thiocarbonyl (C=S) groups is 2. The molecule has 2 aromatic carbocycles. The van der Waals surface area contributed by atoms with Crippen LogP contribution in [-0.4, -0.2) is 56.6 Å². The number of carbonyl (C=O) groups excluding carboxylic acids is 2. The van der Waals surface area contributed by atoms with Crippen LogP contribution in [-0.2, 0) is 0 Å². The number of unbranched alkanes of at least 4 members (excludes halogenated alkanes) is 3. The Bertz CT molecular complexity index is 1060. The average Bonchev–Trinajstić information content (AvgIpc) is 3.19. The van der Waals surface area contributed by atoms with Crippen LogP contribution < -0.4 is 9.80 Å². The molecule has 0 spiro atoms. The molecule has 0 atom stereocenters. The van der Waals surface area contributed by atoms with Crippen molar-refractivity contribution in [3.63, 3.8) is 0 Å². The Labute approximate surface area is 208 Å². The predicted octanol–water partition coefficient (Wildman–Crippen LogP) is 5.04. The molecule has 2 heterocycles. The Morgan fingerprint density at radius 1 is 0.588 bits per heavy atom. The van der Waals surface area contributed by atoms with Gasteiger partial charge in [-0.2, -0.15) is 0 Å². The lowest BCUT2D eigenvalue weighted by Gasteiger charge is -2.18. The van der Waals surface area contributed by atoms with Gasteiger partial charge in [-0.05, 0) is 37.1 Å². The molecule has 2 aromatic rings. The molecule has 10 heteroatoms. The summed E-state index contributed by atoms with van der Waals surface area (Å²) in [4.78, 5) is 31.6. The molecule has 0 radical (unpaired) electrons. The number of nitrogens with zero attached hydrogens (tertiary/aromatic N) is 4. The minimum Gasteiger partial charge on any atom is -0.282 e. The van der Waals surface area contributed by atoms with E-state index in [2.05, 4.69) is 0 Å². The van der Waals surface area contributed by atoms with Crippen molar-refractivity contribution >= 4 is 69.5 Å². The molecule has 174 valence electrons. The lowest BCUT2D eigenvalue weighted by Crippen LogP contribution is -2.34. The highest BCUT2D eigenvalue weighted by atomic mass is 32.1. The third-order valence-electron chi connectivity index (χ3n) is 5.74. The molecule has 2 saturated heterocycles. The monoisotopic (exact) mass is 492 g/mol. The van der Waals surface area contributed by atoms with Gasteiger partial charge in [0.15, 0.2) is 21.6 Å². The number of amidine groups is 2. The van der Waals surface area contributed by atoms with Gasteiger partial charge in [0.2, 0.25) is 0 Å². The molecule has 4 amide bonds. The van der Waals surface area contributed by atoms with Gasteiger partial charge in [0, 0.05) is 13.1 Å². The Kier molecular flexibility index (Phi) is 7.09. The summed E-state index contributed by atoms with van der Waals surface area (Å²) in [6.07, 6.45) is 3.05. The first-order valence-corrected chi connectivity index (χ1v) is 11.8. The maximum Gasteiger partial charge on any atom is 0.335 e. The molecule has 2 aliphatic rings. The molecule has 2 N–H and O–H groups in total. The lowest BCUT2D eigenvalue weighted by atomic mass is 10.2. The molecule has 0 saturated carbocycles. The van der Waals surface area contributed by atoms with Crippen LogP contribution in [0.3, 0.4) is 0 Å². The molecule has 0 aliphatic carbocycles. The SMILES string of the molecule is N=C1C(=S)N(c2ccccc2)C(=O)N1CCCCCCN1C(=N)C(=S)N(c2ccccc2)C1=O. The van der Waals surface area contributed by atoms with Gasteiger partial charge < -0.3 is 0 Å². The second-order valence-corrected chi connectivity index (χ2v) is 8.71. The quantitative estimate of drug-likeness (QED) is 0.379. The number of hydrogen-bond acceptors (Lipinski definition) is 6. The Hall–Kier alpha value is -3.50. The average molecular weight is 493 g/mol. The number of carbonyl (C=O) groups is 2. The third-order valence-corrected chi connectivity index (χ3v) is 6.49. The number of urea groups is 2. The number of rotatable bonds is 9. The maximum atomic E-state index is 12.8. The van der Waals surface area contributed by atoms with E-state index < -0.39 is 0 Å². The van der Waals surface area contributed by atoms with E-state index in [4.69, 9.17) is 35.3 Å². The van der Waals surface area contributed by atoms with Crippen LogP contribution in [0.25, 0.3) is 0 Å². The van der Waals surface area contributed by atoms with E-state index in [9.17, 15) is 9.59 Å². The van der Waals surface area contributed by atoms with Gasteiger partial charge in [-0.25, -0.2) is 19.4 Å². The lowest BCUT2D eigenvalue weighted by molar-refractivity contribution is 0.230. The number of hydrogen-bond donors (Lipinski definition) is 2. The van der Waals surface area contributed by atoms with E-state index in [-0.39, 0.29) is 33.7 Å². The van der Waals surface area contributed by atoms with Crippen molar-refractivity contribution in [3.05, 3.63) is 60.7 Å². The predicted molar refractivity (Wildman–Crippen MR) is 141 cm³/mol. The molecule has 0 aromatic heterocycles. The highest BCUT2D eigenvalue weighted by molar-refractivity contribution is 7.82. The summed E-state index contributed by atoms with van der Waals surface area (Å²) in [5.41, 5.74) is 1.31. The van der Waals surface area contributed by atoms with Crippen LogP contribution in [0, 0.1) is 10.8 Å². The summed E-state index contributed by atoms with van der Waals surface area (Å²) in [6, 6.07) is 17.6. The first-order chi connectivity index (χ1) is 16.4. The smallest absolute Gasteiger partial charge is 0.282 e. The van der Waals surface area contributed by atoms with Gasteiger partial charge in [-0.1, -0.05) is 73.7 Å². The molecule has 4 rings (SSSR count). The zero-order valence-corrected chi connectivity index (χ0v) is 20.1. The van der Waals surface area contributed by atoms with E-state index in [1.54, 1.807) is 24.3 Å². The zero-order valence-electron chi connectivity index (χ0n) is 18.4. The molecular weight excluding hydrogens is 468 g/mol. The second kappa shape index (κ2) is 10.2. The fourth-order valence-electron chi connectivity index (χ4n) is 3.97. The van der Waals surface area contributed by atoms with E-state index in [0.29, 0.717) is 37.3 Å². The molecule has 0 unspecified atom stereocenters. The van der Waals surface area contributed by atoms with Crippen LogP contribution in [0.15, 0.2) is 60.7 Å². The highest BCUT2D eigenvalue weighted by Gasteiger charge is 2.40. The van der Waals surface area contributed by atoms with Gasteiger partial charge in [0.1, 0.15) is 0 Å². The molecule has 2 fully saturated rings. The van der Waals surface area contributed by atoms with Crippen LogP contribution in [0.5, 0.6) is 0 Å². The van der Waals surface area contributed by atoms with Crippen LogP contribution >= 0.6 is 24.4 Å². The summed E-state index contributed by atoms with van der Waals surface area (Å²) >= 11 is 10.6. The van der Waals surface area contributed by atoms with E-state index in [1.165, 1.54) is 19.6 Å². The van der Waals surface area contributed by atoms with Crippen molar-refractivity contribution in [2.24, 2.45) is 0 Å². The van der Waals surface area contributed by atoms with Crippen LogP contribution in [0.4, 0.5) is 21.0 Å². The van der Waals surface area contributed by atoms with Gasteiger partial charge in [0.25, 0.3) is 0 Å². The Morgan fingerprint density at radius 2 is 0.941 bits per heavy atom. The van der Waals surface area contributed by atoms with Crippen molar-refractivity contribution in [1.82, 2.24) is 9.80 Å². The highest BCUT2D eigenvalue weighted by Crippen LogP contribution is 2.25. The molecule has 0 bridgehead atoms. The third kappa shape index (κ3) is 4.46. The number of nitrogens with one attached hydrogen (secondary N) is 2. The van der Waals surface area contributed by atoms with Crippen LogP contribution in [0.2, 0.25) is 0 Å². The fraction of sp³-hybridized carbons (Fsp3) is 0.250. The zero-order chi connectivity index (χ0) is 24.2. The molecular formula is C24H24N6O2S2. The van der Waals surface area contributed by atoms with E-state index in [0.717, 1.165) is 12.8 Å². The first-order valence-electron chi connectivity index (χ1n) is 11.0. The number of benzene rings is 2. The summed E-state index contributed by atoms with van der Waals surface area (Å²) in [7, 11) is 0. The van der Waals surface area contributed by atoms with Crippen molar-refractivity contribution in [2.75, 3.05) is 22.9 Å². The Morgan fingerprint density at radius 3 is 1.29 bits per heavy atom. The minimum atomic E-state index is -0.299. The maximum absolute atomic E-state index is 12.8. The van der Waals surface area contributed by atoms with Crippen molar-refractivity contribution in [2.45, 2.75) is 25.7 Å². The molecule has 8 nitrogen and oxygen atoms in total. The van der Waals surface area contributed by atoms with Crippen molar-refractivity contribution in [1.29, 1.82) is 10.8 Å². The van der Waals surface area contributed by atoms with E-state index >= 15 is 0 Å². The number of para-hydroxylation sites is 2. The molecule has 2 aliphatic heterocycles. The normalized spacial score (nSPS) is 16.5. The topological polar surface area (TPSA) is 94.8 Å². The van der Waals surface area contributed by atoms with Crippen molar-refractivity contribution in [3.8, 4) is 0 Å². The van der Waals surface area contributed by atoms with Gasteiger partial charge in [-0.15, -0.1) is 0 Å². The summed E-state index contributed by atoms with van der Waals surface area (Å²) in [6.45, 7) is 0.816. The Balaban J connectivity index is 1.24. The minimum absolute atomic E-state index is 0.0504. The van der Waals surface area contributed by atoms with Gasteiger partial charge in [-0.3, -0.25) is 20.6 Å². The first kappa shape index (κ1) is 23.7.